The molecule has 0 saturated heterocycles. The summed E-state index contributed by atoms with van der Waals surface area (Å²) in [5.74, 6) is 0. The molecule has 1 aromatic rings. The van der Waals surface area contributed by atoms with Crippen LogP contribution in [0.5, 0.6) is 0 Å². The Hall–Kier alpha value is -0.650. The van der Waals surface area contributed by atoms with E-state index in [0.29, 0.717) is 12.6 Å². The molecule has 0 bridgehead atoms. The van der Waals surface area contributed by atoms with Gasteiger partial charge in [0.2, 0.25) is 0 Å². The molecule has 0 spiro atoms. The van der Waals surface area contributed by atoms with Gasteiger partial charge in [-0.05, 0) is 19.9 Å². The summed E-state index contributed by atoms with van der Waals surface area (Å²) in [6.07, 6.45) is 1.15. The average Bonchev–Trinajstić information content (AvgIpc) is 2.82. The molecule has 1 heterocycles. The Labute approximate surface area is 133 Å². The van der Waals surface area contributed by atoms with E-state index >= 15 is 0 Å². The van der Waals surface area contributed by atoms with E-state index < -0.39 is 0 Å². The van der Waals surface area contributed by atoms with Crippen LogP contribution < -0.4 is 10.2 Å². The number of hydrogen-bond acceptors (Lipinski definition) is 5. The van der Waals surface area contributed by atoms with Crippen LogP contribution in [0, 0.1) is 0 Å². The van der Waals surface area contributed by atoms with Crippen molar-refractivity contribution in [3.8, 4) is 0 Å². The molecule has 1 unspecified atom stereocenters. The number of nitrogens with one attached hydrogen (secondary N) is 1. The number of nitrogens with zero attached hydrogens (tertiary/aromatic N) is 2. The third kappa shape index (κ3) is 5.24. The Morgan fingerprint density at radius 3 is 2.57 bits per heavy atom. The molecule has 0 amide bonds. The van der Waals surface area contributed by atoms with Crippen molar-refractivity contribution in [2.24, 2.45) is 0 Å². The van der Waals surface area contributed by atoms with Crippen molar-refractivity contribution >= 4 is 16.5 Å². The number of anilines is 1. The van der Waals surface area contributed by atoms with Gasteiger partial charge in [-0.15, -0.1) is 11.3 Å². The highest BCUT2D eigenvalue weighted by molar-refractivity contribution is 7.15. The van der Waals surface area contributed by atoms with Gasteiger partial charge in [0.1, 0.15) is 0 Å². The predicted molar refractivity (Wildman–Crippen MR) is 92.6 cm³/mol. The zero-order valence-corrected chi connectivity index (χ0v) is 15.4. The van der Waals surface area contributed by atoms with E-state index in [2.05, 4.69) is 51.9 Å². The molecule has 0 aliphatic heterocycles. The fraction of sp³-hybridized carbons (Fsp3) is 0.812. The highest BCUT2D eigenvalue weighted by atomic mass is 32.1. The van der Waals surface area contributed by atoms with Gasteiger partial charge in [0.05, 0.1) is 18.3 Å². The Bertz CT molecular complexity index is 426. The monoisotopic (exact) mass is 313 g/mol. The number of methoxy groups -OCH3 is 1. The number of hydrogen-bond donors (Lipinski definition) is 1. The zero-order valence-electron chi connectivity index (χ0n) is 14.6. The maximum Gasteiger partial charge on any atom is 0.185 e. The minimum absolute atomic E-state index is 0.0727. The standard InChI is InChI=1S/C16H31N3OS/c1-8-9-17-10-13-14(16(3,4)5)18-15(21-13)19(6)12(2)11-20-7/h12,17H,8-11H2,1-7H3. The molecule has 5 heteroatoms. The molecule has 0 aromatic carbocycles. The quantitative estimate of drug-likeness (QED) is 0.746. The van der Waals surface area contributed by atoms with Crippen LogP contribution in [0.3, 0.4) is 0 Å². The van der Waals surface area contributed by atoms with Gasteiger partial charge < -0.3 is 15.0 Å². The van der Waals surface area contributed by atoms with E-state index in [4.69, 9.17) is 9.72 Å². The molecule has 0 aliphatic carbocycles. The second-order valence-corrected chi connectivity index (χ2v) is 7.67. The predicted octanol–water partition coefficient (Wildman–Crippen LogP) is 3.41. The van der Waals surface area contributed by atoms with E-state index in [1.54, 1.807) is 18.4 Å². The van der Waals surface area contributed by atoms with Crippen LogP contribution in [0.1, 0.15) is 51.6 Å². The van der Waals surface area contributed by atoms with Crippen molar-refractivity contribution < 1.29 is 4.74 Å². The third-order valence-electron chi connectivity index (χ3n) is 3.48. The molecule has 1 rings (SSSR count). The van der Waals surface area contributed by atoms with E-state index in [1.165, 1.54) is 10.6 Å². The van der Waals surface area contributed by atoms with Crippen LogP contribution in [-0.4, -0.2) is 38.3 Å². The summed E-state index contributed by atoms with van der Waals surface area (Å²) in [6.45, 7) is 13.7. The number of aromatic nitrogens is 1. The Balaban J connectivity index is 2.96. The van der Waals surface area contributed by atoms with E-state index in [9.17, 15) is 0 Å². The number of rotatable bonds is 8. The smallest absolute Gasteiger partial charge is 0.185 e. The van der Waals surface area contributed by atoms with Gasteiger partial charge >= 0.3 is 0 Å². The minimum Gasteiger partial charge on any atom is -0.383 e. The van der Waals surface area contributed by atoms with Gasteiger partial charge in [-0.25, -0.2) is 4.98 Å². The molecule has 0 saturated carbocycles. The molecule has 1 aromatic heterocycles. The summed E-state index contributed by atoms with van der Waals surface area (Å²) in [4.78, 5) is 8.48. The summed E-state index contributed by atoms with van der Waals surface area (Å²) < 4.78 is 5.25. The number of likely N-dealkylation sites (N-methyl/N-ethyl adjacent to an activating group) is 1. The van der Waals surface area contributed by atoms with Crippen LogP contribution in [0.4, 0.5) is 5.13 Å². The lowest BCUT2D eigenvalue weighted by atomic mass is 9.91. The Kier molecular flexibility index (Phi) is 7.10. The van der Waals surface area contributed by atoms with Crippen LogP contribution in [0.2, 0.25) is 0 Å². The summed E-state index contributed by atoms with van der Waals surface area (Å²) in [7, 11) is 3.84. The minimum atomic E-state index is 0.0727. The SMILES string of the molecule is CCCNCc1sc(N(C)C(C)COC)nc1C(C)(C)C. The van der Waals surface area contributed by atoms with E-state index in [-0.39, 0.29) is 5.41 Å². The first kappa shape index (κ1) is 18.4. The molecule has 0 fully saturated rings. The molecular formula is C16H31N3OS. The van der Waals surface area contributed by atoms with Gasteiger partial charge in [0.25, 0.3) is 0 Å². The lowest BCUT2D eigenvalue weighted by molar-refractivity contribution is 0.183. The van der Waals surface area contributed by atoms with Gasteiger partial charge in [0, 0.05) is 31.0 Å². The average molecular weight is 314 g/mol. The highest BCUT2D eigenvalue weighted by Gasteiger charge is 2.25. The van der Waals surface area contributed by atoms with Crippen molar-refractivity contribution in [3.63, 3.8) is 0 Å². The first-order valence-electron chi connectivity index (χ1n) is 7.73. The fourth-order valence-corrected chi connectivity index (χ4v) is 3.42. The molecule has 1 atom stereocenters. The largest absolute Gasteiger partial charge is 0.383 e. The van der Waals surface area contributed by atoms with Gasteiger partial charge in [0.15, 0.2) is 5.13 Å². The molecule has 122 valence electrons. The molecule has 0 radical (unpaired) electrons. The number of thiazole rings is 1. The van der Waals surface area contributed by atoms with Crippen molar-refractivity contribution in [1.82, 2.24) is 10.3 Å². The first-order valence-corrected chi connectivity index (χ1v) is 8.55. The molecule has 1 N–H and O–H groups in total. The van der Waals surface area contributed by atoms with Crippen molar-refractivity contribution in [3.05, 3.63) is 10.6 Å². The lowest BCUT2D eigenvalue weighted by Crippen LogP contribution is -2.32. The van der Waals surface area contributed by atoms with Crippen LogP contribution >= 0.6 is 11.3 Å². The maximum absolute atomic E-state index is 5.25. The van der Waals surface area contributed by atoms with Crippen LogP contribution in [0.15, 0.2) is 0 Å². The molecule has 21 heavy (non-hydrogen) atoms. The maximum atomic E-state index is 5.25. The summed E-state index contributed by atoms with van der Waals surface area (Å²) in [5, 5.41) is 4.58. The topological polar surface area (TPSA) is 37.4 Å². The van der Waals surface area contributed by atoms with Crippen LogP contribution in [0.25, 0.3) is 0 Å². The third-order valence-corrected chi connectivity index (χ3v) is 4.63. The normalized spacial score (nSPS) is 13.5. The lowest BCUT2D eigenvalue weighted by Gasteiger charge is -2.23. The van der Waals surface area contributed by atoms with Gasteiger partial charge in [-0.1, -0.05) is 27.7 Å². The Morgan fingerprint density at radius 2 is 2.05 bits per heavy atom. The van der Waals surface area contributed by atoms with Gasteiger partial charge in [-0.2, -0.15) is 0 Å². The Morgan fingerprint density at radius 1 is 1.38 bits per heavy atom. The van der Waals surface area contributed by atoms with Crippen molar-refractivity contribution in [1.29, 1.82) is 0 Å². The van der Waals surface area contributed by atoms with E-state index in [1.807, 2.05) is 0 Å². The number of ether oxygens (including phenoxy) is 1. The molecular weight excluding hydrogens is 282 g/mol. The molecule has 0 aliphatic rings. The highest BCUT2D eigenvalue weighted by Crippen LogP contribution is 2.34. The second-order valence-electron chi connectivity index (χ2n) is 6.61. The van der Waals surface area contributed by atoms with Crippen LogP contribution in [-0.2, 0) is 16.7 Å². The fourth-order valence-electron chi connectivity index (χ4n) is 2.12. The summed E-state index contributed by atoms with van der Waals surface area (Å²) in [5.41, 5.74) is 1.28. The van der Waals surface area contributed by atoms with Crippen molar-refractivity contribution in [2.45, 2.75) is 59.0 Å². The second kappa shape index (κ2) is 8.11. The zero-order chi connectivity index (χ0) is 16.0. The summed E-state index contributed by atoms with van der Waals surface area (Å²) >= 11 is 1.80. The molecule has 4 nitrogen and oxygen atoms in total. The van der Waals surface area contributed by atoms with Gasteiger partial charge in [-0.3, -0.25) is 0 Å². The van der Waals surface area contributed by atoms with E-state index in [0.717, 1.165) is 24.6 Å². The van der Waals surface area contributed by atoms with Crippen molar-refractivity contribution in [2.75, 3.05) is 32.2 Å². The summed E-state index contributed by atoms with van der Waals surface area (Å²) in [6, 6.07) is 0.324. The first-order chi connectivity index (χ1) is 9.81.